The second-order valence-electron chi connectivity index (χ2n) is 6.30. The van der Waals surface area contributed by atoms with Gasteiger partial charge < -0.3 is 20.3 Å². The van der Waals surface area contributed by atoms with Gasteiger partial charge in [0, 0.05) is 50.6 Å². The molecule has 9 heteroatoms. The molecule has 0 aliphatic carbocycles. The Hall–Kier alpha value is -0.930. The van der Waals surface area contributed by atoms with Gasteiger partial charge in [0.2, 0.25) is 5.91 Å². The third-order valence-corrected chi connectivity index (χ3v) is 4.67. The van der Waals surface area contributed by atoms with E-state index in [0.717, 1.165) is 51.4 Å². The fraction of sp³-hybridized carbons (Fsp3) is 0.579. The number of hydrogen-bond acceptors (Lipinski definition) is 3. The van der Waals surface area contributed by atoms with E-state index in [9.17, 15) is 4.79 Å². The van der Waals surface area contributed by atoms with Crippen molar-refractivity contribution in [3.8, 4) is 5.75 Å². The highest BCUT2D eigenvalue weighted by Gasteiger charge is 2.18. The van der Waals surface area contributed by atoms with Gasteiger partial charge in [-0.15, -0.1) is 24.0 Å². The van der Waals surface area contributed by atoms with E-state index in [1.54, 1.807) is 18.2 Å². The Morgan fingerprint density at radius 3 is 2.79 bits per heavy atom. The number of nitrogens with one attached hydrogen (secondary N) is 2. The maximum atomic E-state index is 11.6. The van der Waals surface area contributed by atoms with Crippen LogP contribution in [-0.4, -0.2) is 56.1 Å². The molecule has 0 unspecified atom stereocenters. The van der Waals surface area contributed by atoms with Crippen molar-refractivity contribution in [2.45, 2.75) is 32.6 Å². The quantitative estimate of drug-likeness (QED) is 0.203. The second kappa shape index (κ2) is 14.1. The molecule has 0 aromatic heterocycles. The lowest BCUT2D eigenvalue weighted by Crippen LogP contribution is -2.39. The summed E-state index contributed by atoms with van der Waals surface area (Å²) in [5, 5.41) is 7.64. The molecule has 1 aliphatic rings. The molecule has 6 nitrogen and oxygen atoms in total. The number of hydrogen-bond donors (Lipinski definition) is 2. The van der Waals surface area contributed by atoms with Gasteiger partial charge in [0.15, 0.2) is 5.96 Å². The molecule has 0 radical (unpaired) electrons. The van der Waals surface area contributed by atoms with Crippen molar-refractivity contribution in [2.75, 3.05) is 39.3 Å². The van der Waals surface area contributed by atoms with Gasteiger partial charge >= 0.3 is 0 Å². The van der Waals surface area contributed by atoms with E-state index in [4.69, 9.17) is 27.9 Å². The van der Waals surface area contributed by atoms with Gasteiger partial charge in [-0.2, -0.15) is 0 Å². The zero-order valence-corrected chi connectivity index (χ0v) is 20.0. The predicted octanol–water partition coefficient (Wildman–Crippen LogP) is 3.95. The van der Waals surface area contributed by atoms with Gasteiger partial charge in [0.25, 0.3) is 0 Å². The number of aliphatic imine (C=N–C) groups is 1. The summed E-state index contributed by atoms with van der Waals surface area (Å²) >= 11 is 11.9. The van der Waals surface area contributed by atoms with Crippen LogP contribution in [0.1, 0.15) is 32.6 Å². The maximum absolute atomic E-state index is 11.6. The fourth-order valence-electron chi connectivity index (χ4n) is 2.79. The third-order valence-electron chi connectivity index (χ3n) is 4.14. The molecule has 0 saturated carbocycles. The summed E-state index contributed by atoms with van der Waals surface area (Å²) in [5.41, 5.74) is 0. The van der Waals surface area contributed by atoms with Crippen LogP contribution in [0.15, 0.2) is 23.2 Å². The van der Waals surface area contributed by atoms with Crippen LogP contribution in [0.25, 0.3) is 0 Å². The Labute approximate surface area is 194 Å². The molecule has 1 saturated heterocycles. The van der Waals surface area contributed by atoms with Crippen LogP contribution in [0.2, 0.25) is 10.0 Å². The minimum absolute atomic E-state index is 0. The van der Waals surface area contributed by atoms with Gasteiger partial charge in [0.05, 0.1) is 11.6 Å². The Kier molecular flexibility index (Phi) is 12.7. The van der Waals surface area contributed by atoms with Crippen LogP contribution in [0.3, 0.4) is 0 Å². The Balaban J connectivity index is 0.00000392. The van der Waals surface area contributed by atoms with E-state index in [1.165, 1.54) is 0 Å². The monoisotopic (exact) mass is 542 g/mol. The van der Waals surface area contributed by atoms with Crippen molar-refractivity contribution >= 4 is 59.0 Å². The SMILES string of the molecule is CCNC(=NCCCOc1ccc(Cl)cc1Cl)NCCCN1CCCC1=O.I. The molecule has 1 heterocycles. The zero-order chi connectivity index (χ0) is 19.5. The van der Waals surface area contributed by atoms with Crippen molar-refractivity contribution in [3.05, 3.63) is 28.2 Å². The minimum atomic E-state index is 0. The van der Waals surface area contributed by atoms with Crippen LogP contribution in [-0.2, 0) is 4.79 Å². The predicted molar refractivity (Wildman–Crippen MR) is 126 cm³/mol. The van der Waals surface area contributed by atoms with Crippen molar-refractivity contribution < 1.29 is 9.53 Å². The molecular formula is C19H29Cl2IN4O2. The van der Waals surface area contributed by atoms with Crippen LogP contribution in [0, 0.1) is 0 Å². The number of rotatable bonds is 10. The lowest BCUT2D eigenvalue weighted by Gasteiger charge is -2.16. The van der Waals surface area contributed by atoms with E-state index in [1.807, 2.05) is 11.8 Å². The minimum Gasteiger partial charge on any atom is -0.492 e. The highest BCUT2D eigenvalue weighted by atomic mass is 127. The number of ether oxygens (including phenoxy) is 1. The molecule has 0 atom stereocenters. The molecule has 158 valence electrons. The number of halogens is 3. The fourth-order valence-corrected chi connectivity index (χ4v) is 3.25. The Bertz CT molecular complexity index is 646. The van der Waals surface area contributed by atoms with Crippen molar-refractivity contribution in [1.29, 1.82) is 0 Å². The summed E-state index contributed by atoms with van der Waals surface area (Å²) in [4.78, 5) is 18.1. The van der Waals surface area contributed by atoms with E-state index in [0.29, 0.717) is 35.4 Å². The van der Waals surface area contributed by atoms with Gasteiger partial charge in [-0.05, 0) is 38.0 Å². The highest BCUT2D eigenvalue weighted by molar-refractivity contribution is 14.0. The van der Waals surface area contributed by atoms with E-state index < -0.39 is 0 Å². The number of likely N-dealkylation sites (tertiary alicyclic amines) is 1. The molecular weight excluding hydrogens is 514 g/mol. The zero-order valence-electron chi connectivity index (χ0n) is 16.2. The van der Waals surface area contributed by atoms with Crippen molar-refractivity contribution in [2.24, 2.45) is 4.99 Å². The normalized spacial score (nSPS) is 14.0. The average molecular weight is 543 g/mol. The summed E-state index contributed by atoms with van der Waals surface area (Å²) < 4.78 is 5.66. The van der Waals surface area contributed by atoms with Crippen LogP contribution in [0.4, 0.5) is 0 Å². The largest absolute Gasteiger partial charge is 0.492 e. The Morgan fingerprint density at radius 2 is 2.11 bits per heavy atom. The number of amides is 1. The molecule has 1 fully saturated rings. The molecule has 1 aromatic rings. The number of carbonyl (C=O) groups excluding carboxylic acids is 1. The second-order valence-corrected chi connectivity index (χ2v) is 7.15. The first kappa shape index (κ1) is 25.1. The van der Waals surface area contributed by atoms with Crippen molar-refractivity contribution in [1.82, 2.24) is 15.5 Å². The number of benzene rings is 1. The average Bonchev–Trinajstić information content (AvgIpc) is 3.04. The van der Waals surface area contributed by atoms with Gasteiger partial charge in [-0.3, -0.25) is 9.79 Å². The lowest BCUT2D eigenvalue weighted by atomic mass is 10.3. The van der Waals surface area contributed by atoms with E-state index in [-0.39, 0.29) is 29.9 Å². The number of carbonyl (C=O) groups is 1. The van der Waals surface area contributed by atoms with Crippen molar-refractivity contribution in [3.63, 3.8) is 0 Å². The van der Waals surface area contributed by atoms with Crippen LogP contribution >= 0.6 is 47.2 Å². The lowest BCUT2D eigenvalue weighted by molar-refractivity contribution is -0.127. The number of nitrogens with zero attached hydrogens (tertiary/aromatic N) is 2. The van der Waals surface area contributed by atoms with Crippen LogP contribution < -0.4 is 15.4 Å². The maximum Gasteiger partial charge on any atom is 0.222 e. The molecule has 0 bridgehead atoms. The van der Waals surface area contributed by atoms with E-state index >= 15 is 0 Å². The molecule has 2 N–H and O–H groups in total. The first-order valence-electron chi connectivity index (χ1n) is 9.48. The smallest absolute Gasteiger partial charge is 0.222 e. The van der Waals surface area contributed by atoms with Gasteiger partial charge in [0.1, 0.15) is 5.75 Å². The topological polar surface area (TPSA) is 66.0 Å². The van der Waals surface area contributed by atoms with Gasteiger partial charge in [-0.1, -0.05) is 23.2 Å². The molecule has 0 spiro atoms. The highest BCUT2D eigenvalue weighted by Crippen LogP contribution is 2.27. The standard InChI is InChI=1S/C19H28Cl2N4O2.HI/c1-2-22-19(23-9-4-12-25-11-3-6-18(25)26)24-10-5-13-27-17-8-7-15(20)14-16(17)21;/h7-8,14H,2-6,9-13H2,1H3,(H2,22,23,24);1H. The summed E-state index contributed by atoms with van der Waals surface area (Å²) in [5.74, 6) is 1.69. The molecule has 1 amide bonds. The number of guanidine groups is 1. The first-order valence-corrected chi connectivity index (χ1v) is 10.2. The third kappa shape index (κ3) is 9.05. The molecule has 2 rings (SSSR count). The summed E-state index contributed by atoms with van der Waals surface area (Å²) in [7, 11) is 0. The molecule has 28 heavy (non-hydrogen) atoms. The summed E-state index contributed by atoms with van der Waals surface area (Å²) in [6.07, 6.45) is 3.37. The van der Waals surface area contributed by atoms with Gasteiger partial charge in [-0.25, -0.2) is 0 Å². The summed E-state index contributed by atoms with van der Waals surface area (Å²) in [6, 6.07) is 5.19. The summed E-state index contributed by atoms with van der Waals surface area (Å²) in [6.45, 7) is 6.49. The molecule has 1 aliphatic heterocycles. The van der Waals surface area contributed by atoms with E-state index in [2.05, 4.69) is 15.6 Å². The molecule has 1 aromatic carbocycles. The Morgan fingerprint density at radius 1 is 1.29 bits per heavy atom. The van der Waals surface area contributed by atoms with Crippen LogP contribution in [0.5, 0.6) is 5.75 Å². The first-order chi connectivity index (χ1) is 13.1.